The number of amides is 2. The maximum Gasteiger partial charge on any atom is 0.260 e. The Balaban J connectivity index is 1.04. The van der Waals surface area contributed by atoms with Crippen molar-refractivity contribution in [3.8, 4) is 23.0 Å². The third-order valence-electron chi connectivity index (χ3n) is 8.17. The summed E-state index contributed by atoms with van der Waals surface area (Å²) in [5, 5.41) is 10.6. The lowest BCUT2D eigenvalue weighted by atomic mass is 10.1. The summed E-state index contributed by atoms with van der Waals surface area (Å²) in [6.07, 6.45) is 9.14. The predicted octanol–water partition coefficient (Wildman–Crippen LogP) is 5.89. The molecule has 11 heteroatoms. The van der Waals surface area contributed by atoms with Gasteiger partial charge in [-0.3, -0.25) is 14.6 Å². The van der Waals surface area contributed by atoms with Gasteiger partial charge in [-0.05, 0) is 58.1 Å². The van der Waals surface area contributed by atoms with Crippen LogP contribution in [-0.2, 0) is 0 Å². The normalized spacial score (nSPS) is 20.0. The molecular weight excluding hydrogens is 564 g/mol. The third kappa shape index (κ3) is 5.49. The minimum Gasteiger partial charge on any atom is -0.495 e. The monoisotopic (exact) mass is 600 g/mol. The van der Waals surface area contributed by atoms with Crippen molar-refractivity contribution in [3.05, 3.63) is 58.9 Å². The number of methoxy groups -OCH3 is 2. The molecule has 4 aliphatic rings. The number of hydrogen-bond donors (Lipinski definition) is 1. The number of ether oxygens (including phenoxy) is 4. The van der Waals surface area contributed by atoms with Crippen molar-refractivity contribution < 1.29 is 33.6 Å². The molecule has 0 saturated carbocycles. The maximum absolute atomic E-state index is 13.2. The topological polar surface area (TPSA) is 122 Å². The van der Waals surface area contributed by atoms with E-state index in [1.165, 1.54) is 12.0 Å². The molecule has 0 bridgehead atoms. The zero-order valence-electron chi connectivity index (χ0n) is 25.3. The van der Waals surface area contributed by atoms with Crippen molar-refractivity contribution in [1.29, 1.82) is 0 Å². The number of hydrogen-bond acceptors (Lipinski definition) is 8. The molecule has 0 unspecified atom stereocenters. The van der Waals surface area contributed by atoms with Crippen LogP contribution in [0, 0.1) is 0 Å². The molecule has 0 aliphatic carbocycles. The Kier molecular flexibility index (Phi) is 8.03. The van der Waals surface area contributed by atoms with Crippen LogP contribution in [0.2, 0.25) is 0 Å². The molecule has 4 aliphatic heterocycles. The van der Waals surface area contributed by atoms with E-state index in [2.05, 4.69) is 9.98 Å². The van der Waals surface area contributed by atoms with Crippen molar-refractivity contribution in [2.75, 3.05) is 27.4 Å². The van der Waals surface area contributed by atoms with Gasteiger partial charge in [0.1, 0.15) is 6.04 Å². The number of nitrogens with zero attached hydrogens (tertiary/aromatic N) is 4. The van der Waals surface area contributed by atoms with Crippen LogP contribution in [0.5, 0.6) is 23.0 Å². The lowest BCUT2D eigenvalue weighted by Crippen LogP contribution is -2.37. The molecule has 44 heavy (non-hydrogen) atoms. The smallest absolute Gasteiger partial charge is 0.260 e. The Hall–Kier alpha value is -4.80. The average Bonchev–Trinajstić information content (AvgIpc) is 3.55. The summed E-state index contributed by atoms with van der Waals surface area (Å²) in [6, 6.07) is 6.17. The highest BCUT2D eigenvalue weighted by Crippen LogP contribution is 2.40. The van der Waals surface area contributed by atoms with E-state index in [-0.39, 0.29) is 23.8 Å². The Bertz CT molecular complexity index is 1630. The van der Waals surface area contributed by atoms with Gasteiger partial charge in [-0.1, -0.05) is 11.1 Å². The van der Waals surface area contributed by atoms with Gasteiger partial charge in [0, 0.05) is 30.7 Å². The van der Waals surface area contributed by atoms with Gasteiger partial charge >= 0.3 is 0 Å². The minimum absolute atomic E-state index is 0.0694. The fraction of sp³-hybridized carbons (Fsp3) is 0.394. The van der Waals surface area contributed by atoms with Crippen LogP contribution in [0.15, 0.2) is 57.8 Å². The van der Waals surface area contributed by atoms with Gasteiger partial charge in [0.15, 0.2) is 23.0 Å². The van der Waals surface area contributed by atoms with Gasteiger partial charge in [0.05, 0.1) is 56.0 Å². The SMILES string of the molecule is COc1cc2c(cc1OCCCCCOc1cc3c(cc1OC)C(=O)N1C=C(C)C[C@H]1C(O)=N3)N=C[C@@H]1CC(C)=CN1C2=O. The van der Waals surface area contributed by atoms with Gasteiger partial charge in [-0.25, -0.2) is 4.99 Å². The minimum atomic E-state index is -0.493. The number of aliphatic hydroxyl groups excluding tert-OH is 1. The Labute approximate surface area is 256 Å². The van der Waals surface area contributed by atoms with Crippen molar-refractivity contribution >= 4 is 35.3 Å². The summed E-state index contributed by atoms with van der Waals surface area (Å²) in [5.41, 5.74) is 3.91. The van der Waals surface area contributed by atoms with Crippen LogP contribution in [0.25, 0.3) is 0 Å². The second-order valence-electron chi connectivity index (χ2n) is 11.4. The summed E-state index contributed by atoms with van der Waals surface area (Å²) in [5.74, 6) is 1.48. The standard InChI is InChI=1S/C33H36N4O7/c1-19-10-21-16-34-24-14-29(27(41-3)12-22(24)32(39)36(21)17-19)43-8-6-5-7-9-44-30-15-25-23(13-28(30)42-4)33(40)37-18-20(2)11-26(37)31(38)35-25/h12-18,21,26H,5-11H2,1-4H3,(H,35,38)/t21-,26-/m0/s1. The number of benzene rings is 2. The molecule has 1 N–H and O–H groups in total. The second-order valence-corrected chi connectivity index (χ2v) is 11.4. The van der Waals surface area contributed by atoms with Crippen molar-refractivity contribution in [2.24, 2.45) is 9.98 Å². The first-order chi connectivity index (χ1) is 21.3. The highest BCUT2D eigenvalue weighted by atomic mass is 16.5. The van der Waals surface area contributed by atoms with Gasteiger partial charge in [0.2, 0.25) is 5.90 Å². The first kappa shape index (κ1) is 29.3. The number of unbranched alkanes of at least 4 members (excludes halogenated alkanes) is 2. The molecule has 230 valence electrons. The van der Waals surface area contributed by atoms with Crippen molar-refractivity contribution in [2.45, 2.75) is 58.0 Å². The zero-order valence-corrected chi connectivity index (χ0v) is 25.3. The molecule has 0 spiro atoms. The first-order valence-electron chi connectivity index (χ1n) is 14.8. The largest absolute Gasteiger partial charge is 0.495 e. The van der Waals surface area contributed by atoms with E-state index in [1.54, 1.807) is 42.5 Å². The summed E-state index contributed by atoms with van der Waals surface area (Å²) in [7, 11) is 3.08. The molecule has 11 nitrogen and oxygen atoms in total. The van der Waals surface area contributed by atoms with Gasteiger partial charge in [0.25, 0.3) is 11.8 Å². The maximum atomic E-state index is 13.2. The highest BCUT2D eigenvalue weighted by molar-refractivity contribution is 6.06. The number of aliphatic hydroxyl groups is 1. The molecule has 6 rings (SSSR count). The van der Waals surface area contributed by atoms with Crippen LogP contribution in [0.4, 0.5) is 11.4 Å². The Morgan fingerprint density at radius 3 is 2.00 bits per heavy atom. The molecule has 2 amide bonds. The zero-order chi connectivity index (χ0) is 31.0. The summed E-state index contributed by atoms with van der Waals surface area (Å²) < 4.78 is 23.1. The van der Waals surface area contributed by atoms with Crippen LogP contribution < -0.4 is 18.9 Å². The molecule has 0 radical (unpaired) electrons. The predicted molar refractivity (Wildman–Crippen MR) is 165 cm³/mol. The van der Waals surface area contributed by atoms with Gasteiger partial charge in [-0.2, -0.15) is 0 Å². The van der Waals surface area contributed by atoms with E-state index in [9.17, 15) is 14.7 Å². The van der Waals surface area contributed by atoms with Crippen molar-refractivity contribution in [3.63, 3.8) is 0 Å². The molecule has 0 saturated heterocycles. The van der Waals surface area contributed by atoms with Crippen LogP contribution in [-0.4, -0.2) is 78.4 Å². The lowest BCUT2D eigenvalue weighted by Gasteiger charge is -2.20. The van der Waals surface area contributed by atoms with E-state index in [1.807, 2.05) is 26.3 Å². The van der Waals surface area contributed by atoms with E-state index in [0.29, 0.717) is 65.1 Å². The number of aliphatic imine (C=N–C) groups is 2. The van der Waals surface area contributed by atoms with E-state index < -0.39 is 6.04 Å². The Morgan fingerprint density at radius 1 is 0.773 bits per heavy atom. The molecule has 2 aromatic rings. The first-order valence-corrected chi connectivity index (χ1v) is 14.8. The number of rotatable bonds is 10. The Morgan fingerprint density at radius 2 is 1.34 bits per heavy atom. The molecule has 2 aromatic carbocycles. The second kappa shape index (κ2) is 12.1. The molecule has 2 atom stereocenters. The quantitative estimate of drug-likeness (QED) is 0.338. The van der Waals surface area contributed by atoms with Gasteiger partial charge < -0.3 is 33.9 Å². The third-order valence-corrected chi connectivity index (χ3v) is 8.17. The molecule has 0 aromatic heterocycles. The summed E-state index contributed by atoms with van der Waals surface area (Å²) >= 11 is 0. The molecule has 4 heterocycles. The fourth-order valence-corrected chi connectivity index (χ4v) is 5.92. The highest BCUT2D eigenvalue weighted by Gasteiger charge is 2.37. The van der Waals surface area contributed by atoms with Crippen LogP contribution >= 0.6 is 0 Å². The van der Waals surface area contributed by atoms with E-state index in [0.717, 1.165) is 36.8 Å². The van der Waals surface area contributed by atoms with E-state index in [4.69, 9.17) is 18.9 Å². The van der Waals surface area contributed by atoms with E-state index >= 15 is 0 Å². The van der Waals surface area contributed by atoms with Crippen molar-refractivity contribution in [1.82, 2.24) is 9.80 Å². The number of carbonyl (C=O) groups excluding carboxylic acids is 2. The summed E-state index contributed by atoms with van der Waals surface area (Å²) in [6.45, 7) is 4.80. The lowest BCUT2D eigenvalue weighted by molar-refractivity contribution is 0.0804. The molecule has 0 fully saturated rings. The average molecular weight is 601 g/mol. The van der Waals surface area contributed by atoms with Crippen LogP contribution in [0.1, 0.15) is 66.7 Å². The van der Waals surface area contributed by atoms with Crippen LogP contribution in [0.3, 0.4) is 0 Å². The molecular formula is C33H36N4O7. The number of fused-ring (bicyclic) bond motifs is 4. The van der Waals surface area contributed by atoms with Gasteiger partial charge in [-0.15, -0.1) is 0 Å². The fourth-order valence-electron chi connectivity index (χ4n) is 5.92. The number of carbonyl (C=O) groups is 2. The summed E-state index contributed by atoms with van der Waals surface area (Å²) in [4.78, 5) is 38.6.